The summed E-state index contributed by atoms with van der Waals surface area (Å²) in [5.74, 6) is 0. The highest BCUT2D eigenvalue weighted by Gasteiger charge is 2.14. The van der Waals surface area contributed by atoms with E-state index in [1.807, 2.05) is 6.92 Å². The van der Waals surface area contributed by atoms with Crippen molar-refractivity contribution in [3.63, 3.8) is 0 Å². The molecular formula is C9H21NO2. The molecule has 0 bridgehead atoms. The van der Waals surface area contributed by atoms with Gasteiger partial charge in [0.25, 0.3) is 0 Å². The van der Waals surface area contributed by atoms with Gasteiger partial charge in [0.1, 0.15) is 0 Å². The van der Waals surface area contributed by atoms with E-state index in [9.17, 15) is 0 Å². The van der Waals surface area contributed by atoms with E-state index in [-0.39, 0.29) is 12.1 Å². The van der Waals surface area contributed by atoms with Crippen LogP contribution >= 0.6 is 0 Å². The van der Waals surface area contributed by atoms with Crippen molar-refractivity contribution in [1.82, 2.24) is 0 Å². The first kappa shape index (κ1) is 11.9. The molecule has 3 nitrogen and oxygen atoms in total. The number of rotatable bonds is 7. The molecule has 0 aliphatic carbocycles. The Labute approximate surface area is 74.9 Å². The molecule has 1 unspecified atom stereocenters. The van der Waals surface area contributed by atoms with Crippen molar-refractivity contribution in [2.75, 3.05) is 19.8 Å². The normalized spacial score (nSPS) is 16.0. The molecule has 0 saturated heterocycles. The first-order valence-corrected chi connectivity index (χ1v) is 4.60. The van der Waals surface area contributed by atoms with E-state index in [0.717, 1.165) is 19.3 Å². The van der Waals surface area contributed by atoms with Gasteiger partial charge in [0.15, 0.2) is 0 Å². The molecule has 0 saturated carbocycles. The SMILES string of the molecule is CCC(C)(N)COCCCCO. The summed E-state index contributed by atoms with van der Waals surface area (Å²) in [6, 6.07) is 0. The Bertz CT molecular complexity index is 105. The molecule has 1 atom stereocenters. The predicted octanol–water partition coefficient (Wildman–Crippen LogP) is 0.903. The van der Waals surface area contributed by atoms with Crippen LogP contribution in [-0.4, -0.2) is 30.5 Å². The highest BCUT2D eigenvalue weighted by Crippen LogP contribution is 2.05. The molecule has 3 N–H and O–H groups in total. The zero-order chi connectivity index (χ0) is 9.45. The van der Waals surface area contributed by atoms with E-state index in [1.54, 1.807) is 0 Å². The Morgan fingerprint density at radius 3 is 2.58 bits per heavy atom. The van der Waals surface area contributed by atoms with Gasteiger partial charge in [-0.3, -0.25) is 0 Å². The summed E-state index contributed by atoms with van der Waals surface area (Å²) >= 11 is 0. The fourth-order valence-corrected chi connectivity index (χ4v) is 0.723. The summed E-state index contributed by atoms with van der Waals surface area (Å²) in [6.07, 6.45) is 2.65. The minimum absolute atomic E-state index is 0.195. The molecule has 0 aromatic heterocycles. The lowest BCUT2D eigenvalue weighted by atomic mass is 10.0. The number of unbranched alkanes of at least 4 members (excludes halogenated alkanes) is 1. The topological polar surface area (TPSA) is 55.5 Å². The molecule has 0 aromatic carbocycles. The van der Waals surface area contributed by atoms with Crippen molar-refractivity contribution in [2.45, 2.75) is 38.6 Å². The van der Waals surface area contributed by atoms with Gasteiger partial charge in [-0.1, -0.05) is 6.92 Å². The second-order valence-corrected chi connectivity index (χ2v) is 3.49. The fraction of sp³-hybridized carbons (Fsp3) is 1.00. The Kier molecular flexibility index (Phi) is 6.34. The Morgan fingerprint density at radius 1 is 1.42 bits per heavy atom. The zero-order valence-electron chi connectivity index (χ0n) is 8.18. The molecule has 3 heteroatoms. The van der Waals surface area contributed by atoms with Crippen molar-refractivity contribution in [2.24, 2.45) is 5.73 Å². The highest BCUT2D eigenvalue weighted by molar-refractivity contribution is 4.75. The van der Waals surface area contributed by atoms with Crippen molar-refractivity contribution in [3.05, 3.63) is 0 Å². The van der Waals surface area contributed by atoms with Crippen LogP contribution in [0.25, 0.3) is 0 Å². The van der Waals surface area contributed by atoms with E-state index in [1.165, 1.54) is 0 Å². The molecule has 0 fully saturated rings. The largest absolute Gasteiger partial charge is 0.396 e. The molecule has 0 rings (SSSR count). The minimum atomic E-state index is -0.195. The summed E-state index contributed by atoms with van der Waals surface area (Å²) in [6.45, 7) is 5.59. The standard InChI is InChI=1S/C9H21NO2/c1-3-9(2,10)8-12-7-5-4-6-11/h11H,3-8,10H2,1-2H3. The van der Waals surface area contributed by atoms with Crippen LogP contribution in [0.3, 0.4) is 0 Å². The average molecular weight is 175 g/mol. The maximum atomic E-state index is 8.49. The second kappa shape index (κ2) is 6.40. The lowest BCUT2D eigenvalue weighted by Crippen LogP contribution is -2.40. The average Bonchev–Trinajstić information content (AvgIpc) is 2.04. The first-order chi connectivity index (χ1) is 5.62. The monoisotopic (exact) mass is 175 g/mol. The van der Waals surface area contributed by atoms with Crippen LogP contribution in [0.5, 0.6) is 0 Å². The third-order valence-corrected chi connectivity index (χ3v) is 1.94. The smallest absolute Gasteiger partial charge is 0.0643 e. The first-order valence-electron chi connectivity index (χ1n) is 4.60. The Morgan fingerprint density at radius 2 is 2.08 bits per heavy atom. The number of nitrogens with two attached hydrogens (primary N) is 1. The van der Waals surface area contributed by atoms with Gasteiger partial charge in [-0.15, -0.1) is 0 Å². The quantitative estimate of drug-likeness (QED) is 0.565. The molecule has 12 heavy (non-hydrogen) atoms. The summed E-state index contributed by atoms with van der Waals surface area (Å²) in [5, 5.41) is 8.49. The van der Waals surface area contributed by atoms with Gasteiger partial charge in [-0.05, 0) is 26.2 Å². The second-order valence-electron chi connectivity index (χ2n) is 3.49. The lowest BCUT2D eigenvalue weighted by molar-refractivity contribution is 0.0840. The van der Waals surface area contributed by atoms with Crippen LogP contribution in [-0.2, 0) is 4.74 Å². The maximum absolute atomic E-state index is 8.49. The van der Waals surface area contributed by atoms with Crippen LogP contribution in [0.1, 0.15) is 33.1 Å². The van der Waals surface area contributed by atoms with Gasteiger partial charge in [-0.2, -0.15) is 0 Å². The number of hydrogen-bond acceptors (Lipinski definition) is 3. The van der Waals surface area contributed by atoms with Gasteiger partial charge in [0, 0.05) is 18.8 Å². The van der Waals surface area contributed by atoms with Crippen molar-refractivity contribution in [3.8, 4) is 0 Å². The molecule has 0 aliphatic rings. The molecule has 0 amide bonds. The van der Waals surface area contributed by atoms with Gasteiger partial charge in [-0.25, -0.2) is 0 Å². The Balaban J connectivity index is 3.19. The van der Waals surface area contributed by atoms with E-state index in [4.69, 9.17) is 15.6 Å². The third kappa shape index (κ3) is 6.58. The summed E-state index contributed by atoms with van der Waals surface area (Å²) < 4.78 is 5.36. The van der Waals surface area contributed by atoms with Crippen LogP contribution in [0, 0.1) is 0 Å². The molecule has 0 spiro atoms. The molecule has 0 heterocycles. The number of aliphatic hydroxyl groups excluding tert-OH is 1. The molecular weight excluding hydrogens is 154 g/mol. The van der Waals surface area contributed by atoms with Crippen molar-refractivity contribution in [1.29, 1.82) is 0 Å². The highest BCUT2D eigenvalue weighted by atomic mass is 16.5. The third-order valence-electron chi connectivity index (χ3n) is 1.94. The zero-order valence-corrected chi connectivity index (χ0v) is 8.18. The number of hydrogen-bond donors (Lipinski definition) is 2. The van der Waals surface area contributed by atoms with Crippen LogP contribution < -0.4 is 5.73 Å². The van der Waals surface area contributed by atoms with E-state index < -0.39 is 0 Å². The predicted molar refractivity (Wildman–Crippen MR) is 50.0 cm³/mol. The fourth-order valence-electron chi connectivity index (χ4n) is 0.723. The molecule has 0 aromatic rings. The van der Waals surface area contributed by atoms with Crippen LogP contribution in [0.15, 0.2) is 0 Å². The maximum Gasteiger partial charge on any atom is 0.0643 e. The molecule has 74 valence electrons. The van der Waals surface area contributed by atoms with Crippen LogP contribution in [0.4, 0.5) is 0 Å². The van der Waals surface area contributed by atoms with E-state index >= 15 is 0 Å². The minimum Gasteiger partial charge on any atom is -0.396 e. The number of ether oxygens (including phenoxy) is 1. The van der Waals surface area contributed by atoms with Crippen molar-refractivity contribution >= 4 is 0 Å². The van der Waals surface area contributed by atoms with E-state index in [0.29, 0.717) is 13.2 Å². The summed E-state index contributed by atoms with van der Waals surface area (Å²) in [5.41, 5.74) is 5.66. The van der Waals surface area contributed by atoms with Gasteiger partial charge in [0.2, 0.25) is 0 Å². The molecule has 0 radical (unpaired) electrons. The summed E-state index contributed by atoms with van der Waals surface area (Å²) in [4.78, 5) is 0. The number of aliphatic hydroxyl groups is 1. The van der Waals surface area contributed by atoms with E-state index in [2.05, 4.69) is 6.92 Å². The summed E-state index contributed by atoms with van der Waals surface area (Å²) in [7, 11) is 0. The van der Waals surface area contributed by atoms with Crippen LogP contribution in [0.2, 0.25) is 0 Å². The van der Waals surface area contributed by atoms with Gasteiger partial charge in [0.05, 0.1) is 6.61 Å². The Hall–Kier alpha value is -0.120. The van der Waals surface area contributed by atoms with Crippen molar-refractivity contribution < 1.29 is 9.84 Å². The van der Waals surface area contributed by atoms with Gasteiger partial charge >= 0.3 is 0 Å². The van der Waals surface area contributed by atoms with Gasteiger partial charge < -0.3 is 15.6 Å². The lowest BCUT2D eigenvalue weighted by Gasteiger charge is -2.22. The molecule has 0 aliphatic heterocycles.